The summed E-state index contributed by atoms with van der Waals surface area (Å²) in [6, 6.07) is 6.73. The van der Waals surface area contributed by atoms with E-state index in [1.807, 2.05) is 12.3 Å². The lowest BCUT2D eigenvalue weighted by molar-refractivity contribution is 0.172. The molecule has 2 aliphatic rings. The standard InChI is InChI=1S/C16H24N4S/c21-16(18-14-5-1-2-6-14)20-11-9-19(10-12-20)13-15-7-3-4-8-17-15/h3-4,7-8,14H,1-2,5-6,9-13H2,(H,18,21). The minimum atomic E-state index is 0.615. The normalized spacial score (nSPS) is 20.7. The Bertz CT molecular complexity index is 451. The quantitative estimate of drug-likeness (QED) is 0.864. The Morgan fingerprint density at radius 2 is 1.95 bits per heavy atom. The average Bonchev–Trinajstić information content (AvgIpc) is 3.02. The molecule has 1 aromatic heterocycles. The Balaban J connectivity index is 1.43. The van der Waals surface area contributed by atoms with E-state index < -0.39 is 0 Å². The number of piperazine rings is 1. The first-order valence-corrected chi connectivity index (χ1v) is 8.40. The van der Waals surface area contributed by atoms with Gasteiger partial charge in [-0.25, -0.2) is 0 Å². The van der Waals surface area contributed by atoms with Crippen LogP contribution in [0.15, 0.2) is 24.4 Å². The van der Waals surface area contributed by atoms with Crippen LogP contribution in [0.1, 0.15) is 31.4 Å². The first-order chi connectivity index (χ1) is 10.3. The topological polar surface area (TPSA) is 31.4 Å². The van der Waals surface area contributed by atoms with Crippen molar-refractivity contribution in [3.05, 3.63) is 30.1 Å². The minimum absolute atomic E-state index is 0.615. The molecule has 114 valence electrons. The molecule has 2 fully saturated rings. The molecule has 0 radical (unpaired) electrons. The van der Waals surface area contributed by atoms with Crippen molar-refractivity contribution in [2.45, 2.75) is 38.3 Å². The molecule has 5 heteroatoms. The van der Waals surface area contributed by atoms with Gasteiger partial charge in [0.05, 0.1) is 5.69 Å². The van der Waals surface area contributed by atoms with E-state index in [-0.39, 0.29) is 0 Å². The van der Waals surface area contributed by atoms with E-state index in [4.69, 9.17) is 12.2 Å². The van der Waals surface area contributed by atoms with Crippen molar-refractivity contribution >= 4 is 17.3 Å². The molecule has 1 aliphatic carbocycles. The molecule has 1 aliphatic heterocycles. The number of aromatic nitrogens is 1. The fourth-order valence-corrected chi connectivity index (χ4v) is 3.52. The van der Waals surface area contributed by atoms with Crippen LogP contribution in [0.4, 0.5) is 0 Å². The zero-order valence-electron chi connectivity index (χ0n) is 12.5. The summed E-state index contributed by atoms with van der Waals surface area (Å²) in [7, 11) is 0. The second kappa shape index (κ2) is 7.18. The largest absolute Gasteiger partial charge is 0.360 e. The summed E-state index contributed by atoms with van der Waals surface area (Å²) in [6.45, 7) is 5.10. The third kappa shape index (κ3) is 4.14. The molecule has 2 heterocycles. The van der Waals surface area contributed by atoms with Crippen LogP contribution < -0.4 is 5.32 Å². The number of pyridine rings is 1. The second-order valence-electron chi connectivity index (χ2n) is 6.02. The smallest absolute Gasteiger partial charge is 0.169 e. The zero-order valence-corrected chi connectivity index (χ0v) is 13.3. The lowest BCUT2D eigenvalue weighted by atomic mass is 10.2. The Kier molecular flexibility index (Phi) is 5.04. The summed E-state index contributed by atoms with van der Waals surface area (Å²) < 4.78 is 0. The number of rotatable bonds is 3. The van der Waals surface area contributed by atoms with Crippen molar-refractivity contribution in [2.24, 2.45) is 0 Å². The predicted octanol–water partition coefficient (Wildman–Crippen LogP) is 2.02. The fourth-order valence-electron chi connectivity index (χ4n) is 3.17. The van der Waals surface area contributed by atoms with Gasteiger partial charge in [0.25, 0.3) is 0 Å². The highest BCUT2D eigenvalue weighted by atomic mass is 32.1. The number of hydrogen-bond donors (Lipinski definition) is 1. The molecule has 0 atom stereocenters. The number of hydrogen-bond acceptors (Lipinski definition) is 3. The van der Waals surface area contributed by atoms with E-state index in [0.29, 0.717) is 6.04 Å². The summed E-state index contributed by atoms with van der Waals surface area (Å²) >= 11 is 5.56. The van der Waals surface area contributed by atoms with E-state index in [1.54, 1.807) is 0 Å². The maximum absolute atomic E-state index is 5.56. The Morgan fingerprint density at radius 1 is 1.19 bits per heavy atom. The number of nitrogens with one attached hydrogen (secondary N) is 1. The zero-order chi connectivity index (χ0) is 14.5. The molecule has 3 rings (SSSR count). The van der Waals surface area contributed by atoms with Crippen molar-refractivity contribution < 1.29 is 0 Å². The van der Waals surface area contributed by atoms with Gasteiger partial charge in [-0.15, -0.1) is 0 Å². The molecule has 0 amide bonds. The van der Waals surface area contributed by atoms with Crippen molar-refractivity contribution in [2.75, 3.05) is 26.2 Å². The molecule has 1 N–H and O–H groups in total. The van der Waals surface area contributed by atoms with Gasteiger partial charge in [-0.05, 0) is 37.2 Å². The first kappa shape index (κ1) is 14.7. The van der Waals surface area contributed by atoms with Gasteiger partial charge in [-0.1, -0.05) is 18.9 Å². The van der Waals surface area contributed by atoms with Crippen LogP contribution in [-0.2, 0) is 6.54 Å². The maximum atomic E-state index is 5.56. The van der Waals surface area contributed by atoms with Crippen LogP contribution >= 0.6 is 12.2 Å². The van der Waals surface area contributed by atoms with Crippen LogP contribution in [0, 0.1) is 0 Å². The Morgan fingerprint density at radius 3 is 2.62 bits per heavy atom. The van der Waals surface area contributed by atoms with Crippen molar-refractivity contribution in [1.82, 2.24) is 20.1 Å². The van der Waals surface area contributed by atoms with E-state index in [2.05, 4.69) is 32.2 Å². The molecule has 1 saturated carbocycles. The van der Waals surface area contributed by atoms with Crippen LogP contribution in [0.2, 0.25) is 0 Å². The van der Waals surface area contributed by atoms with Gasteiger partial charge in [0.1, 0.15) is 0 Å². The minimum Gasteiger partial charge on any atom is -0.360 e. The third-order valence-corrected chi connectivity index (χ3v) is 4.83. The van der Waals surface area contributed by atoms with Crippen molar-refractivity contribution in [1.29, 1.82) is 0 Å². The highest BCUT2D eigenvalue weighted by Crippen LogP contribution is 2.18. The Hall–Kier alpha value is -1.20. The monoisotopic (exact) mass is 304 g/mol. The summed E-state index contributed by atoms with van der Waals surface area (Å²) in [5.74, 6) is 0. The Labute approximate surface area is 132 Å². The van der Waals surface area contributed by atoms with Gasteiger partial charge in [-0.2, -0.15) is 0 Å². The number of thiocarbonyl (C=S) groups is 1. The van der Waals surface area contributed by atoms with E-state index in [9.17, 15) is 0 Å². The predicted molar refractivity (Wildman–Crippen MR) is 89.1 cm³/mol. The average molecular weight is 304 g/mol. The lowest BCUT2D eigenvalue weighted by Gasteiger charge is -2.36. The lowest BCUT2D eigenvalue weighted by Crippen LogP contribution is -2.52. The number of nitrogens with zero attached hydrogens (tertiary/aromatic N) is 3. The van der Waals surface area contributed by atoms with E-state index in [0.717, 1.165) is 43.5 Å². The molecule has 0 aromatic carbocycles. The molecule has 21 heavy (non-hydrogen) atoms. The molecular formula is C16H24N4S. The van der Waals surface area contributed by atoms with Crippen LogP contribution in [0.5, 0.6) is 0 Å². The van der Waals surface area contributed by atoms with Gasteiger partial charge in [0.15, 0.2) is 5.11 Å². The van der Waals surface area contributed by atoms with Gasteiger partial charge in [0, 0.05) is 45.0 Å². The highest BCUT2D eigenvalue weighted by Gasteiger charge is 2.22. The molecule has 1 saturated heterocycles. The van der Waals surface area contributed by atoms with Gasteiger partial charge >= 0.3 is 0 Å². The highest BCUT2D eigenvalue weighted by molar-refractivity contribution is 7.80. The van der Waals surface area contributed by atoms with Crippen LogP contribution in [0.3, 0.4) is 0 Å². The van der Waals surface area contributed by atoms with Gasteiger partial charge < -0.3 is 10.2 Å². The molecule has 1 aromatic rings. The van der Waals surface area contributed by atoms with Crippen LogP contribution in [0.25, 0.3) is 0 Å². The molecule has 4 nitrogen and oxygen atoms in total. The second-order valence-corrected chi connectivity index (χ2v) is 6.40. The summed E-state index contributed by atoms with van der Waals surface area (Å²) in [4.78, 5) is 9.18. The molecule has 0 spiro atoms. The summed E-state index contributed by atoms with van der Waals surface area (Å²) in [6.07, 6.45) is 7.11. The fraction of sp³-hybridized carbons (Fsp3) is 0.625. The van der Waals surface area contributed by atoms with E-state index >= 15 is 0 Å². The molecule has 0 unspecified atom stereocenters. The SMILES string of the molecule is S=C(NC1CCCC1)N1CCN(Cc2ccccn2)CC1. The summed E-state index contributed by atoms with van der Waals surface area (Å²) in [5, 5.41) is 4.50. The summed E-state index contributed by atoms with van der Waals surface area (Å²) in [5.41, 5.74) is 1.15. The van der Waals surface area contributed by atoms with Crippen molar-refractivity contribution in [3.8, 4) is 0 Å². The molecule has 0 bridgehead atoms. The van der Waals surface area contributed by atoms with Gasteiger partial charge in [0.2, 0.25) is 0 Å². The van der Waals surface area contributed by atoms with E-state index in [1.165, 1.54) is 25.7 Å². The third-order valence-electron chi connectivity index (χ3n) is 4.45. The van der Waals surface area contributed by atoms with Gasteiger partial charge in [-0.3, -0.25) is 9.88 Å². The van der Waals surface area contributed by atoms with Crippen LogP contribution in [-0.4, -0.2) is 52.1 Å². The first-order valence-electron chi connectivity index (χ1n) is 7.99. The molecular weight excluding hydrogens is 280 g/mol. The van der Waals surface area contributed by atoms with Crippen molar-refractivity contribution in [3.63, 3.8) is 0 Å². The maximum Gasteiger partial charge on any atom is 0.169 e.